The van der Waals surface area contributed by atoms with Gasteiger partial charge in [0.2, 0.25) is 0 Å². The molecule has 192 valence electrons. The van der Waals surface area contributed by atoms with E-state index in [1.54, 1.807) is 7.11 Å². The van der Waals surface area contributed by atoms with Gasteiger partial charge in [0.05, 0.1) is 23.1 Å². The summed E-state index contributed by atoms with van der Waals surface area (Å²) in [4.78, 5) is 15.0. The molecule has 1 aliphatic carbocycles. The van der Waals surface area contributed by atoms with Gasteiger partial charge in [-0.25, -0.2) is 0 Å². The zero-order chi connectivity index (χ0) is 25.7. The number of ether oxygens (including phenoxy) is 2. The molecule has 1 unspecified atom stereocenters. The van der Waals surface area contributed by atoms with Gasteiger partial charge in [0.15, 0.2) is 17.3 Å². The van der Waals surface area contributed by atoms with Crippen molar-refractivity contribution in [2.45, 2.75) is 56.3 Å². The Morgan fingerprint density at radius 1 is 1.28 bits per heavy atom. The van der Waals surface area contributed by atoms with Crippen molar-refractivity contribution in [2.75, 3.05) is 20.7 Å². The van der Waals surface area contributed by atoms with Gasteiger partial charge in [0, 0.05) is 24.1 Å². The molecule has 0 fully saturated rings. The Hall–Kier alpha value is -2.51. The average molecular weight is 520 g/mol. The van der Waals surface area contributed by atoms with E-state index in [9.17, 15) is 18.0 Å². The van der Waals surface area contributed by atoms with Gasteiger partial charge in [-0.2, -0.15) is 13.2 Å². The molecule has 2 aliphatic heterocycles. The third-order valence-electron chi connectivity index (χ3n) is 7.83. The van der Waals surface area contributed by atoms with E-state index in [0.717, 1.165) is 56.0 Å². The van der Waals surface area contributed by atoms with Crippen LogP contribution in [0.1, 0.15) is 59.2 Å². The third kappa shape index (κ3) is 4.41. The van der Waals surface area contributed by atoms with Crippen molar-refractivity contribution in [1.82, 2.24) is 4.90 Å². The van der Waals surface area contributed by atoms with Gasteiger partial charge >= 0.3 is 6.18 Å². The number of alkyl halides is 3. The molecule has 1 spiro atoms. The second-order valence-corrected chi connectivity index (χ2v) is 10.5. The molecule has 0 saturated heterocycles. The van der Waals surface area contributed by atoms with E-state index in [-0.39, 0.29) is 35.2 Å². The second kappa shape index (κ2) is 9.42. The summed E-state index contributed by atoms with van der Waals surface area (Å²) in [6, 6.07) is 7.47. The summed E-state index contributed by atoms with van der Waals surface area (Å²) in [6.45, 7) is 1.82. The molecule has 0 bridgehead atoms. The highest BCUT2D eigenvalue weighted by atomic mass is 35.5. The number of carbonyl (C=O) groups is 1. The summed E-state index contributed by atoms with van der Waals surface area (Å²) >= 11 is 5.68. The Kier molecular flexibility index (Phi) is 6.58. The molecule has 0 N–H and O–H groups in total. The molecular formula is C28H29ClF3NO3. The molecule has 36 heavy (non-hydrogen) atoms. The zero-order valence-corrected chi connectivity index (χ0v) is 21.1. The van der Waals surface area contributed by atoms with Gasteiger partial charge in [-0.05, 0) is 75.0 Å². The lowest BCUT2D eigenvalue weighted by molar-refractivity contribution is -0.137. The number of carbonyl (C=O) groups excluding carboxylic acids is 1. The Balaban J connectivity index is 1.28. The van der Waals surface area contributed by atoms with E-state index in [0.29, 0.717) is 6.42 Å². The van der Waals surface area contributed by atoms with Crippen LogP contribution in [-0.4, -0.2) is 37.5 Å². The molecule has 2 aromatic carbocycles. The Morgan fingerprint density at radius 2 is 2.08 bits per heavy atom. The summed E-state index contributed by atoms with van der Waals surface area (Å²) in [5, 5.41) is -0.401. The number of allylic oxidation sites excluding steroid dienone is 1. The summed E-state index contributed by atoms with van der Waals surface area (Å²) in [7, 11) is 3.79. The van der Waals surface area contributed by atoms with Crippen molar-refractivity contribution in [3.63, 3.8) is 0 Å². The number of nitrogens with zero attached hydrogens (tertiary/aromatic N) is 1. The van der Waals surface area contributed by atoms with E-state index in [2.05, 4.69) is 30.2 Å². The first kappa shape index (κ1) is 25.2. The molecule has 3 aliphatic rings. The normalized spacial score (nSPS) is 25.1. The first-order valence-electron chi connectivity index (χ1n) is 12.3. The molecule has 8 heteroatoms. The minimum atomic E-state index is -4.59. The molecule has 2 heterocycles. The fourth-order valence-corrected chi connectivity index (χ4v) is 6.18. The molecule has 0 radical (unpaired) electrons. The van der Waals surface area contributed by atoms with Crippen molar-refractivity contribution < 1.29 is 27.4 Å². The summed E-state index contributed by atoms with van der Waals surface area (Å²) in [5.41, 5.74) is 1.39. The highest BCUT2D eigenvalue weighted by Crippen LogP contribution is 2.56. The van der Waals surface area contributed by atoms with Crippen LogP contribution in [0.15, 0.2) is 42.5 Å². The van der Waals surface area contributed by atoms with Crippen molar-refractivity contribution in [1.29, 1.82) is 0 Å². The number of hydrogen-bond acceptors (Lipinski definition) is 4. The number of Topliss-reactive ketones (excluding diaryl/α,β-unsaturated/α-hetero) is 1. The van der Waals surface area contributed by atoms with Crippen LogP contribution in [0.5, 0.6) is 11.5 Å². The number of benzene rings is 2. The van der Waals surface area contributed by atoms with Crippen LogP contribution in [0.2, 0.25) is 5.02 Å². The summed E-state index contributed by atoms with van der Waals surface area (Å²) < 4.78 is 51.6. The minimum Gasteiger partial charge on any atom is -0.493 e. The topological polar surface area (TPSA) is 38.8 Å². The lowest BCUT2D eigenvalue weighted by atomic mass is 9.67. The van der Waals surface area contributed by atoms with Crippen LogP contribution in [0, 0.1) is 5.92 Å². The standard InChI is InChI=1S/C28H29ClF3NO3/c1-33-13-12-27-11-10-17(14-24(27)36-26-23(35-2)9-7-19(16-33)25(26)27)4-3-5-22(34)18-6-8-21(29)20(15-18)28(30,31)32/h6-11,15,17,24H,3-5,12-14,16H2,1-2H3/t17-,24?,27-/m0/s1. The lowest BCUT2D eigenvalue weighted by Crippen LogP contribution is -2.41. The highest BCUT2D eigenvalue weighted by Gasteiger charge is 2.52. The largest absolute Gasteiger partial charge is 0.493 e. The van der Waals surface area contributed by atoms with Gasteiger partial charge in [0.25, 0.3) is 0 Å². The van der Waals surface area contributed by atoms with E-state index < -0.39 is 16.8 Å². The number of methoxy groups -OCH3 is 1. The van der Waals surface area contributed by atoms with Crippen molar-refractivity contribution in [3.8, 4) is 11.5 Å². The van der Waals surface area contributed by atoms with Crippen LogP contribution >= 0.6 is 11.6 Å². The van der Waals surface area contributed by atoms with Crippen LogP contribution < -0.4 is 9.47 Å². The molecule has 3 atom stereocenters. The number of ketones is 1. The first-order valence-corrected chi connectivity index (χ1v) is 12.6. The number of hydrogen-bond donors (Lipinski definition) is 0. The molecule has 4 nitrogen and oxygen atoms in total. The monoisotopic (exact) mass is 519 g/mol. The second-order valence-electron chi connectivity index (χ2n) is 10.1. The van der Waals surface area contributed by atoms with Crippen molar-refractivity contribution in [2.24, 2.45) is 5.92 Å². The minimum absolute atomic E-state index is 0.00893. The SMILES string of the molecule is COc1ccc2c3c1OC1C[C@@H](CCCC(=O)c4ccc(Cl)c(C(F)(F)F)c4)C=C[C@@]31CCN(C)C2. The maximum atomic E-state index is 13.2. The van der Waals surface area contributed by atoms with Gasteiger partial charge in [-0.1, -0.05) is 29.8 Å². The van der Waals surface area contributed by atoms with E-state index >= 15 is 0 Å². The van der Waals surface area contributed by atoms with Crippen LogP contribution in [0.4, 0.5) is 13.2 Å². The van der Waals surface area contributed by atoms with Gasteiger partial charge < -0.3 is 14.4 Å². The molecule has 0 saturated carbocycles. The average Bonchev–Trinajstić information content (AvgIpc) is 3.09. The number of halogens is 4. The highest BCUT2D eigenvalue weighted by molar-refractivity contribution is 6.31. The molecule has 5 rings (SSSR count). The molecule has 0 aromatic heterocycles. The van der Waals surface area contributed by atoms with Gasteiger partial charge in [-0.15, -0.1) is 0 Å². The summed E-state index contributed by atoms with van der Waals surface area (Å²) in [6.07, 6.45) is 3.26. The maximum Gasteiger partial charge on any atom is 0.417 e. The van der Waals surface area contributed by atoms with Crippen LogP contribution in [0.3, 0.4) is 0 Å². The Morgan fingerprint density at radius 3 is 2.83 bits per heavy atom. The predicted molar refractivity (Wildman–Crippen MR) is 132 cm³/mol. The lowest BCUT2D eigenvalue weighted by Gasteiger charge is -2.37. The van der Waals surface area contributed by atoms with Crippen molar-refractivity contribution in [3.05, 3.63) is 69.8 Å². The van der Waals surface area contributed by atoms with Crippen LogP contribution in [0.25, 0.3) is 0 Å². The van der Waals surface area contributed by atoms with Gasteiger partial charge in [-0.3, -0.25) is 4.79 Å². The zero-order valence-electron chi connectivity index (χ0n) is 20.3. The smallest absolute Gasteiger partial charge is 0.417 e. The third-order valence-corrected chi connectivity index (χ3v) is 8.16. The fourth-order valence-electron chi connectivity index (χ4n) is 5.96. The van der Waals surface area contributed by atoms with E-state index in [1.807, 2.05) is 6.07 Å². The molecule has 2 aromatic rings. The number of rotatable bonds is 6. The fraction of sp³-hybridized carbons (Fsp3) is 0.464. The van der Waals surface area contributed by atoms with Crippen molar-refractivity contribution >= 4 is 17.4 Å². The molecular weight excluding hydrogens is 491 g/mol. The first-order chi connectivity index (χ1) is 17.1. The Labute approximate surface area is 214 Å². The Bertz CT molecular complexity index is 1210. The van der Waals surface area contributed by atoms with Gasteiger partial charge in [0.1, 0.15) is 6.10 Å². The van der Waals surface area contributed by atoms with E-state index in [1.165, 1.54) is 17.2 Å². The summed E-state index contributed by atoms with van der Waals surface area (Å²) in [5.74, 6) is 1.52. The maximum absolute atomic E-state index is 13.2. The molecule has 0 amide bonds. The quantitative estimate of drug-likeness (QED) is 0.310. The predicted octanol–water partition coefficient (Wildman–Crippen LogP) is 6.83. The van der Waals surface area contributed by atoms with Crippen LogP contribution in [-0.2, 0) is 18.1 Å². The van der Waals surface area contributed by atoms with E-state index in [4.69, 9.17) is 21.1 Å².